The molecule has 2 aromatic rings. The van der Waals surface area contributed by atoms with Crippen molar-refractivity contribution in [2.75, 3.05) is 26.8 Å². The standard InChI is InChI=1S/C21H25NO2/c1-17-8-6-7-11-20(17)21-15-22(13-12-19(21)16-24-23-2)14-18-9-4-3-5-10-18/h3-11H,12-16H2,1-2H3. The van der Waals surface area contributed by atoms with Crippen molar-refractivity contribution in [3.63, 3.8) is 0 Å². The van der Waals surface area contributed by atoms with Gasteiger partial charge in [0.1, 0.15) is 6.61 Å². The fourth-order valence-corrected chi connectivity index (χ4v) is 3.31. The second-order valence-electron chi connectivity index (χ2n) is 6.27. The van der Waals surface area contributed by atoms with E-state index in [-0.39, 0.29) is 0 Å². The summed E-state index contributed by atoms with van der Waals surface area (Å²) in [6, 6.07) is 19.3. The highest BCUT2D eigenvalue weighted by molar-refractivity contribution is 5.73. The van der Waals surface area contributed by atoms with Gasteiger partial charge in [-0.1, -0.05) is 54.6 Å². The van der Waals surface area contributed by atoms with Crippen LogP contribution in [0.4, 0.5) is 0 Å². The van der Waals surface area contributed by atoms with Crippen molar-refractivity contribution in [2.24, 2.45) is 0 Å². The molecule has 1 aliphatic rings. The van der Waals surface area contributed by atoms with E-state index < -0.39 is 0 Å². The van der Waals surface area contributed by atoms with Crippen LogP contribution in [0, 0.1) is 6.92 Å². The average molecular weight is 323 g/mol. The van der Waals surface area contributed by atoms with Crippen LogP contribution in [0.5, 0.6) is 0 Å². The second kappa shape index (κ2) is 8.25. The smallest absolute Gasteiger partial charge is 0.104 e. The van der Waals surface area contributed by atoms with Gasteiger partial charge in [-0.15, -0.1) is 0 Å². The molecule has 3 nitrogen and oxygen atoms in total. The van der Waals surface area contributed by atoms with Gasteiger partial charge < -0.3 is 0 Å². The Morgan fingerprint density at radius 2 is 1.75 bits per heavy atom. The first-order chi connectivity index (χ1) is 11.8. The normalized spacial score (nSPS) is 15.8. The molecule has 0 aliphatic carbocycles. The van der Waals surface area contributed by atoms with Gasteiger partial charge in [-0.25, -0.2) is 9.78 Å². The highest BCUT2D eigenvalue weighted by atomic mass is 17.2. The molecule has 0 fully saturated rings. The summed E-state index contributed by atoms with van der Waals surface area (Å²) in [6.45, 7) is 5.69. The lowest BCUT2D eigenvalue weighted by atomic mass is 9.91. The Morgan fingerprint density at radius 3 is 2.50 bits per heavy atom. The Kier molecular flexibility index (Phi) is 5.81. The van der Waals surface area contributed by atoms with Gasteiger partial charge in [0.05, 0.1) is 7.11 Å². The maximum atomic E-state index is 5.24. The number of hydrogen-bond acceptors (Lipinski definition) is 3. The van der Waals surface area contributed by atoms with Crippen molar-refractivity contribution in [1.82, 2.24) is 4.90 Å². The van der Waals surface area contributed by atoms with Crippen LogP contribution < -0.4 is 0 Å². The highest BCUT2D eigenvalue weighted by Gasteiger charge is 2.21. The summed E-state index contributed by atoms with van der Waals surface area (Å²) in [7, 11) is 1.57. The second-order valence-corrected chi connectivity index (χ2v) is 6.27. The third kappa shape index (κ3) is 4.12. The quantitative estimate of drug-likeness (QED) is 0.586. The van der Waals surface area contributed by atoms with Gasteiger partial charge in [-0.2, -0.15) is 0 Å². The molecule has 0 atom stereocenters. The lowest BCUT2D eigenvalue weighted by Gasteiger charge is -2.31. The van der Waals surface area contributed by atoms with Crippen molar-refractivity contribution in [3.8, 4) is 0 Å². The number of benzene rings is 2. The zero-order valence-corrected chi connectivity index (χ0v) is 14.5. The van der Waals surface area contributed by atoms with Crippen molar-refractivity contribution in [3.05, 3.63) is 76.9 Å². The summed E-state index contributed by atoms with van der Waals surface area (Å²) < 4.78 is 0. The van der Waals surface area contributed by atoms with Crippen LogP contribution in [-0.2, 0) is 16.3 Å². The number of nitrogens with zero attached hydrogens (tertiary/aromatic N) is 1. The molecule has 0 unspecified atom stereocenters. The fraction of sp³-hybridized carbons (Fsp3) is 0.333. The molecule has 3 rings (SSSR count). The topological polar surface area (TPSA) is 21.7 Å². The van der Waals surface area contributed by atoms with E-state index in [0.717, 1.165) is 26.1 Å². The van der Waals surface area contributed by atoms with Crippen molar-refractivity contribution in [2.45, 2.75) is 19.9 Å². The zero-order valence-electron chi connectivity index (χ0n) is 14.5. The molecule has 1 aliphatic heterocycles. The minimum absolute atomic E-state index is 0.541. The van der Waals surface area contributed by atoms with Crippen LogP contribution in [-0.4, -0.2) is 31.7 Å². The summed E-state index contributed by atoms with van der Waals surface area (Å²) in [4.78, 5) is 12.6. The molecular formula is C21H25NO2. The van der Waals surface area contributed by atoms with E-state index in [1.807, 2.05) is 0 Å². The van der Waals surface area contributed by atoms with E-state index in [0.29, 0.717) is 6.61 Å². The molecule has 2 aromatic carbocycles. The first-order valence-electron chi connectivity index (χ1n) is 8.46. The van der Waals surface area contributed by atoms with E-state index in [1.54, 1.807) is 7.11 Å². The molecule has 0 N–H and O–H groups in total. The summed E-state index contributed by atoms with van der Waals surface area (Å²) in [5.74, 6) is 0. The molecule has 0 radical (unpaired) electrons. The van der Waals surface area contributed by atoms with Gasteiger partial charge in [-0.3, -0.25) is 4.90 Å². The minimum Gasteiger partial charge on any atom is -0.294 e. The maximum Gasteiger partial charge on any atom is 0.104 e. The van der Waals surface area contributed by atoms with Gasteiger partial charge in [-0.05, 0) is 41.2 Å². The van der Waals surface area contributed by atoms with Crippen LogP contribution in [0.3, 0.4) is 0 Å². The molecule has 3 heteroatoms. The summed E-state index contributed by atoms with van der Waals surface area (Å²) in [6.07, 6.45) is 1.01. The Balaban J connectivity index is 1.84. The lowest BCUT2D eigenvalue weighted by Crippen LogP contribution is -2.32. The Hall–Kier alpha value is -1.94. The lowest BCUT2D eigenvalue weighted by molar-refractivity contribution is -0.265. The maximum absolute atomic E-state index is 5.24. The number of rotatable bonds is 6. The Labute approximate surface area is 144 Å². The predicted molar refractivity (Wildman–Crippen MR) is 97.4 cm³/mol. The monoisotopic (exact) mass is 323 g/mol. The van der Waals surface area contributed by atoms with Crippen LogP contribution >= 0.6 is 0 Å². The van der Waals surface area contributed by atoms with Gasteiger partial charge in [0.25, 0.3) is 0 Å². The van der Waals surface area contributed by atoms with Crippen molar-refractivity contribution < 1.29 is 9.78 Å². The van der Waals surface area contributed by atoms with Crippen LogP contribution in [0.1, 0.15) is 23.1 Å². The molecule has 0 saturated heterocycles. The van der Waals surface area contributed by atoms with Crippen LogP contribution in [0.15, 0.2) is 60.2 Å². The minimum atomic E-state index is 0.541. The van der Waals surface area contributed by atoms with E-state index in [1.165, 1.54) is 27.8 Å². The molecule has 0 amide bonds. The predicted octanol–water partition coefficient (Wildman–Crippen LogP) is 4.23. The Bertz CT molecular complexity index is 694. The van der Waals surface area contributed by atoms with Crippen molar-refractivity contribution in [1.29, 1.82) is 0 Å². The summed E-state index contributed by atoms with van der Waals surface area (Å²) >= 11 is 0. The Morgan fingerprint density at radius 1 is 1.00 bits per heavy atom. The van der Waals surface area contributed by atoms with E-state index in [9.17, 15) is 0 Å². The molecule has 1 heterocycles. The summed E-state index contributed by atoms with van der Waals surface area (Å²) in [5, 5.41) is 0. The largest absolute Gasteiger partial charge is 0.294 e. The molecule has 24 heavy (non-hydrogen) atoms. The highest BCUT2D eigenvalue weighted by Crippen LogP contribution is 2.29. The molecule has 0 bridgehead atoms. The van der Waals surface area contributed by atoms with E-state index in [2.05, 4.69) is 66.4 Å². The average Bonchev–Trinajstić information content (AvgIpc) is 2.62. The molecule has 0 saturated carbocycles. The first kappa shape index (κ1) is 16.9. The fourth-order valence-electron chi connectivity index (χ4n) is 3.31. The van der Waals surface area contributed by atoms with Crippen molar-refractivity contribution >= 4 is 5.57 Å². The summed E-state index contributed by atoms with van der Waals surface area (Å²) in [5.41, 5.74) is 6.72. The van der Waals surface area contributed by atoms with E-state index >= 15 is 0 Å². The third-order valence-electron chi connectivity index (χ3n) is 4.61. The first-order valence-corrected chi connectivity index (χ1v) is 8.46. The number of hydrogen-bond donors (Lipinski definition) is 0. The molecule has 0 spiro atoms. The van der Waals surface area contributed by atoms with Crippen LogP contribution in [0.2, 0.25) is 0 Å². The van der Waals surface area contributed by atoms with Gasteiger partial charge >= 0.3 is 0 Å². The number of aryl methyl sites for hydroxylation is 1. The SMILES string of the molecule is COOCC1=C(c2ccccc2C)CN(Cc2ccccc2)CC1. The van der Waals surface area contributed by atoms with Gasteiger partial charge in [0.15, 0.2) is 0 Å². The van der Waals surface area contributed by atoms with E-state index in [4.69, 9.17) is 9.78 Å². The van der Waals surface area contributed by atoms with Gasteiger partial charge in [0.2, 0.25) is 0 Å². The molecule has 126 valence electrons. The van der Waals surface area contributed by atoms with Crippen LogP contribution in [0.25, 0.3) is 5.57 Å². The zero-order chi connectivity index (χ0) is 16.8. The van der Waals surface area contributed by atoms with Gasteiger partial charge in [0, 0.05) is 19.6 Å². The molecular weight excluding hydrogens is 298 g/mol. The molecule has 0 aromatic heterocycles. The third-order valence-corrected chi connectivity index (χ3v) is 4.61.